The number of aryl methyl sites for hydroxylation is 1. The summed E-state index contributed by atoms with van der Waals surface area (Å²) in [5, 5.41) is 7.30. The first-order chi connectivity index (χ1) is 13.5. The van der Waals surface area contributed by atoms with Gasteiger partial charge in [-0.05, 0) is 38.8 Å². The number of carbonyl (C=O) groups is 1. The van der Waals surface area contributed by atoms with Gasteiger partial charge in [-0.1, -0.05) is 41.9 Å². The predicted octanol–water partition coefficient (Wildman–Crippen LogP) is 3.93. The Labute approximate surface area is 166 Å². The fraction of sp³-hybridized carbons (Fsp3) is 0.400. The van der Waals surface area contributed by atoms with Gasteiger partial charge in [-0.15, -0.1) is 0 Å². The van der Waals surface area contributed by atoms with Crippen molar-refractivity contribution in [1.82, 2.24) is 14.7 Å². The van der Waals surface area contributed by atoms with Crippen LogP contribution in [0.1, 0.15) is 44.4 Å². The predicted molar refractivity (Wildman–Crippen MR) is 109 cm³/mol. The van der Waals surface area contributed by atoms with Crippen LogP contribution in [0.2, 0.25) is 0 Å². The SMILES string of the molecule is Cc1cc(NC(=O)[C@@H](C)Sc2nc3ccccc3c(=O)n2C2CCCC2)no1. The maximum absolute atomic E-state index is 13.2. The van der Waals surface area contributed by atoms with E-state index in [2.05, 4.69) is 10.5 Å². The van der Waals surface area contributed by atoms with E-state index >= 15 is 0 Å². The van der Waals surface area contributed by atoms with Gasteiger partial charge in [0.05, 0.1) is 16.2 Å². The average Bonchev–Trinajstić information content (AvgIpc) is 3.34. The van der Waals surface area contributed by atoms with Gasteiger partial charge in [-0.25, -0.2) is 4.98 Å². The van der Waals surface area contributed by atoms with Crippen LogP contribution in [0, 0.1) is 6.92 Å². The molecule has 1 saturated carbocycles. The Bertz CT molecular complexity index is 1070. The van der Waals surface area contributed by atoms with E-state index in [0.29, 0.717) is 27.6 Å². The molecule has 7 nitrogen and oxygen atoms in total. The van der Waals surface area contributed by atoms with Crippen LogP contribution >= 0.6 is 11.8 Å². The number of carbonyl (C=O) groups excluding carboxylic acids is 1. The zero-order chi connectivity index (χ0) is 19.7. The Morgan fingerprint density at radius 3 is 2.79 bits per heavy atom. The standard InChI is InChI=1S/C20H22N4O3S/c1-12-11-17(23-27-12)22-18(25)13(2)28-20-21-16-10-6-5-9-15(16)19(26)24(20)14-7-3-4-8-14/h5-6,9-11,13-14H,3-4,7-8H2,1-2H3,(H,22,23,25)/t13-/m1/s1. The van der Waals surface area contributed by atoms with Gasteiger partial charge in [-0.2, -0.15) is 0 Å². The topological polar surface area (TPSA) is 90.0 Å². The highest BCUT2D eigenvalue weighted by molar-refractivity contribution is 8.00. The molecule has 3 aromatic rings. The Morgan fingerprint density at radius 2 is 2.07 bits per heavy atom. The molecule has 1 aliphatic rings. The molecule has 1 aromatic carbocycles. The number of hydrogen-bond acceptors (Lipinski definition) is 6. The molecule has 28 heavy (non-hydrogen) atoms. The van der Waals surface area contributed by atoms with Crippen LogP contribution in [-0.4, -0.2) is 25.9 Å². The zero-order valence-corrected chi connectivity index (χ0v) is 16.7. The number of nitrogens with one attached hydrogen (secondary N) is 1. The van der Waals surface area contributed by atoms with Gasteiger partial charge in [0, 0.05) is 12.1 Å². The molecular formula is C20H22N4O3S. The van der Waals surface area contributed by atoms with E-state index in [-0.39, 0.29) is 17.5 Å². The highest BCUT2D eigenvalue weighted by atomic mass is 32.2. The largest absolute Gasteiger partial charge is 0.360 e. The maximum Gasteiger partial charge on any atom is 0.262 e. The lowest BCUT2D eigenvalue weighted by molar-refractivity contribution is -0.115. The summed E-state index contributed by atoms with van der Waals surface area (Å²) in [4.78, 5) is 30.5. The van der Waals surface area contributed by atoms with Crippen LogP contribution in [0.25, 0.3) is 10.9 Å². The van der Waals surface area contributed by atoms with Gasteiger partial charge in [-0.3, -0.25) is 14.2 Å². The molecule has 0 spiro atoms. The molecule has 4 rings (SSSR count). The molecule has 0 aliphatic heterocycles. The van der Waals surface area contributed by atoms with Crippen molar-refractivity contribution in [2.24, 2.45) is 0 Å². The van der Waals surface area contributed by atoms with Crippen LogP contribution in [0.3, 0.4) is 0 Å². The number of para-hydroxylation sites is 1. The number of amides is 1. The number of rotatable bonds is 5. The van der Waals surface area contributed by atoms with Gasteiger partial charge < -0.3 is 9.84 Å². The lowest BCUT2D eigenvalue weighted by Gasteiger charge is -2.20. The van der Waals surface area contributed by atoms with Crippen molar-refractivity contribution in [1.29, 1.82) is 0 Å². The van der Waals surface area contributed by atoms with Gasteiger partial charge in [0.1, 0.15) is 5.76 Å². The molecule has 0 bridgehead atoms. The highest BCUT2D eigenvalue weighted by Crippen LogP contribution is 2.33. The Morgan fingerprint density at radius 1 is 1.32 bits per heavy atom. The maximum atomic E-state index is 13.2. The summed E-state index contributed by atoms with van der Waals surface area (Å²) in [6.07, 6.45) is 4.14. The van der Waals surface area contributed by atoms with Crippen molar-refractivity contribution >= 4 is 34.4 Å². The Kier molecular flexibility index (Phi) is 5.21. The Balaban J connectivity index is 1.65. The number of benzene rings is 1. The molecule has 1 aliphatic carbocycles. The third-order valence-electron chi connectivity index (χ3n) is 5.00. The van der Waals surface area contributed by atoms with Crippen molar-refractivity contribution in [3.05, 3.63) is 46.4 Å². The minimum atomic E-state index is -0.447. The van der Waals surface area contributed by atoms with Crippen LogP contribution in [0.5, 0.6) is 0 Å². The number of aromatic nitrogens is 3. The summed E-state index contributed by atoms with van der Waals surface area (Å²) >= 11 is 1.30. The van der Waals surface area contributed by atoms with E-state index in [9.17, 15) is 9.59 Å². The van der Waals surface area contributed by atoms with Crippen molar-refractivity contribution in [3.63, 3.8) is 0 Å². The molecular weight excluding hydrogens is 376 g/mol. The number of nitrogens with zero attached hydrogens (tertiary/aromatic N) is 3. The molecule has 1 atom stereocenters. The van der Waals surface area contributed by atoms with E-state index < -0.39 is 5.25 Å². The summed E-state index contributed by atoms with van der Waals surface area (Å²) in [7, 11) is 0. The molecule has 1 fully saturated rings. The number of anilines is 1. The number of hydrogen-bond donors (Lipinski definition) is 1. The quantitative estimate of drug-likeness (QED) is 0.517. The van der Waals surface area contributed by atoms with E-state index in [1.165, 1.54) is 11.8 Å². The van der Waals surface area contributed by atoms with Crippen LogP contribution in [-0.2, 0) is 4.79 Å². The van der Waals surface area contributed by atoms with Crippen LogP contribution in [0.4, 0.5) is 5.82 Å². The van der Waals surface area contributed by atoms with E-state index in [1.54, 1.807) is 24.5 Å². The van der Waals surface area contributed by atoms with Gasteiger partial charge in [0.25, 0.3) is 5.56 Å². The molecule has 8 heteroatoms. The average molecular weight is 398 g/mol. The van der Waals surface area contributed by atoms with Crippen molar-refractivity contribution in [3.8, 4) is 0 Å². The second-order valence-corrected chi connectivity index (χ2v) is 8.41. The van der Waals surface area contributed by atoms with Crippen molar-refractivity contribution in [2.45, 2.75) is 56.0 Å². The molecule has 0 unspecified atom stereocenters. The first-order valence-electron chi connectivity index (χ1n) is 9.45. The molecule has 0 saturated heterocycles. The lowest BCUT2D eigenvalue weighted by atomic mass is 10.2. The second-order valence-electron chi connectivity index (χ2n) is 7.10. The van der Waals surface area contributed by atoms with Crippen LogP contribution in [0.15, 0.2) is 44.8 Å². The molecule has 0 radical (unpaired) electrons. The van der Waals surface area contributed by atoms with Crippen molar-refractivity contribution < 1.29 is 9.32 Å². The van der Waals surface area contributed by atoms with Gasteiger partial charge >= 0.3 is 0 Å². The smallest absolute Gasteiger partial charge is 0.262 e. The minimum absolute atomic E-state index is 0.0280. The second kappa shape index (κ2) is 7.79. The minimum Gasteiger partial charge on any atom is -0.360 e. The van der Waals surface area contributed by atoms with E-state index in [0.717, 1.165) is 25.7 Å². The Hall–Kier alpha value is -2.61. The first kappa shape index (κ1) is 18.7. The first-order valence-corrected chi connectivity index (χ1v) is 10.3. The fourth-order valence-electron chi connectivity index (χ4n) is 3.56. The lowest BCUT2D eigenvalue weighted by Crippen LogP contribution is -2.29. The third-order valence-corrected chi connectivity index (χ3v) is 6.06. The summed E-state index contributed by atoms with van der Waals surface area (Å²) < 4.78 is 6.78. The summed E-state index contributed by atoms with van der Waals surface area (Å²) in [6.45, 7) is 3.56. The number of thioether (sulfide) groups is 1. The van der Waals surface area contributed by atoms with Crippen molar-refractivity contribution in [2.75, 3.05) is 5.32 Å². The monoisotopic (exact) mass is 398 g/mol. The third kappa shape index (κ3) is 3.69. The molecule has 1 amide bonds. The highest BCUT2D eigenvalue weighted by Gasteiger charge is 2.25. The normalized spacial score (nSPS) is 15.8. The van der Waals surface area contributed by atoms with Crippen LogP contribution < -0.4 is 10.9 Å². The summed E-state index contributed by atoms with van der Waals surface area (Å²) in [5.41, 5.74) is 0.628. The summed E-state index contributed by atoms with van der Waals surface area (Å²) in [5.74, 6) is 0.801. The molecule has 2 heterocycles. The fourth-order valence-corrected chi connectivity index (χ4v) is 4.54. The number of fused-ring (bicyclic) bond motifs is 1. The molecule has 1 N–H and O–H groups in total. The molecule has 2 aromatic heterocycles. The summed E-state index contributed by atoms with van der Waals surface area (Å²) in [6, 6.07) is 9.17. The van der Waals surface area contributed by atoms with E-state index in [1.807, 2.05) is 24.3 Å². The molecule has 146 valence electrons. The zero-order valence-electron chi connectivity index (χ0n) is 15.8. The van der Waals surface area contributed by atoms with Gasteiger partial charge in [0.2, 0.25) is 5.91 Å². The van der Waals surface area contributed by atoms with E-state index in [4.69, 9.17) is 9.51 Å². The van der Waals surface area contributed by atoms with Gasteiger partial charge in [0.15, 0.2) is 11.0 Å².